The van der Waals surface area contributed by atoms with Crippen LogP contribution in [-0.2, 0) is 9.53 Å². The summed E-state index contributed by atoms with van der Waals surface area (Å²) in [5.41, 5.74) is -0.550. The van der Waals surface area contributed by atoms with Crippen molar-refractivity contribution in [2.75, 3.05) is 26.7 Å². The molecule has 1 N–H and O–H groups in total. The highest BCUT2D eigenvalue weighted by Gasteiger charge is 2.32. The molecule has 118 valence electrons. The lowest BCUT2D eigenvalue weighted by Crippen LogP contribution is -2.49. The van der Waals surface area contributed by atoms with Crippen LogP contribution in [0.3, 0.4) is 0 Å². The first-order chi connectivity index (χ1) is 9.53. The fourth-order valence-corrected chi connectivity index (χ4v) is 2.92. The first-order valence-corrected chi connectivity index (χ1v) is 8.13. The van der Waals surface area contributed by atoms with Gasteiger partial charge in [-0.05, 0) is 66.6 Å². The number of carbonyl (C=O) groups is 1. The monoisotopic (exact) mass is 284 g/mol. The molecule has 0 bridgehead atoms. The molecule has 1 aliphatic heterocycles. The number of rotatable bonds is 7. The predicted molar refractivity (Wildman–Crippen MR) is 82.8 cm³/mol. The summed E-state index contributed by atoms with van der Waals surface area (Å²) < 4.78 is 5.17. The van der Waals surface area contributed by atoms with Gasteiger partial charge in [0.25, 0.3) is 0 Å². The number of hydrogen-bond donors (Lipinski definition) is 1. The molecule has 4 nitrogen and oxygen atoms in total. The van der Waals surface area contributed by atoms with E-state index in [-0.39, 0.29) is 5.97 Å². The van der Waals surface area contributed by atoms with E-state index in [1.165, 1.54) is 32.2 Å². The van der Waals surface area contributed by atoms with E-state index in [0.29, 0.717) is 12.6 Å². The highest BCUT2D eigenvalue weighted by molar-refractivity contribution is 5.80. The molecule has 20 heavy (non-hydrogen) atoms. The van der Waals surface area contributed by atoms with Gasteiger partial charge in [0.2, 0.25) is 0 Å². The molecule has 1 rings (SSSR count). The Morgan fingerprint density at radius 1 is 1.40 bits per heavy atom. The number of likely N-dealkylation sites (N-methyl/N-ethyl adjacent to an activating group) is 1. The summed E-state index contributed by atoms with van der Waals surface area (Å²) in [4.78, 5) is 14.6. The van der Waals surface area contributed by atoms with Crippen LogP contribution in [0.5, 0.6) is 0 Å². The average molecular weight is 284 g/mol. The minimum atomic E-state index is -0.550. The van der Waals surface area contributed by atoms with Gasteiger partial charge in [0.1, 0.15) is 5.54 Å². The Balaban J connectivity index is 2.42. The van der Waals surface area contributed by atoms with Gasteiger partial charge in [-0.2, -0.15) is 0 Å². The first-order valence-electron chi connectivity index (χ1n) is 8.13. The van der Waals surface area contributed by atoms with Gasteiger partial charge in [-0.25, -0.2) is 0 Å². The normalized spacial score (nSPS) is 23.9. The van der Waals surface area contributed by atoms with Crippen LogP contribution in [0.15, 0.2) is 0 Å². The number of nitrogens with zero attached hydrogens (tertiary/aromatic N) is 1. The molecule has 0 spiro atoms. The fraction of sp³-hybridized carbons (Fsp3) is 0.938. The molecule has 1 heterocycles. The van der Waals surface area contributed by atoms with Crippen LogP contribution in [0.1, 0.15) is 59.3 Å². The topological polar surface area (TPSA) is 41.6 Å². The molecule has 2 unspecified atom stereocenters. The van der Waals surface area contributed by atoms with E-state index in [0.717, 1.165) is 19.4 Å². The summed E-state index contributed by atoms with van der Waals surface area (Å²) >= 11 is 0. The molecule has 2 atom stereocenters. The van der Waals surface area contributed by atoms with E-state index < -0.39 is 5.54 Å². The zero-order chi connectivity index (χ0) is 15.0. The van der Waals surface area contributed by atoms with E-state index in [9.17, 15) is 4.79 Å². The minimum absolute atomic E-state index is 0.133. The zero-order valence-electron chi connectivity index (χ0n) is 13.7. The SMILES string of the molecule is CCOC(=O)C(C)(CCCN1CCCCCC1C)NC. The smallest absolute Gasteiger partial charge is 0.326 e. The van der Waals surface area contributed by atoms with Crippen molar-refractivity contribution in [2.45, 2.75) is 70.9 Å². The number of hydrogen-bond acceptors (Lipinski definition) is 4. The summed E-state index contributed by atoms with van der Waals surface area (Å²) in [6.45, 7) is 8.85. The summed E-state index contributed by atoms with van der Waals surface area (Å²) in [5, 5.41) is 3.13. The van der Waals surface area contributed by atoms with Crippen molar-refractivity contribution in [3.05, 3.63) is 0 Å². The van der Waals surface area contributed by atoms with Gasteiger partial charge in [0, 0.05) is 6.04 Å². The molecular formula is C16H32N2O2. The maximum Gasteiger partial charge on any atom is 0.326 e. The Kier molecular flexibility index (Phi) is 7.52. The molecule has 1 aliphatic rings. The van der Waals surface area contributed by atoms with Crippen LogP contribution in [0.25, 0.3) is 0 Å². The van der Waals surface area contributed by atoms with E-state index in [1.807, 2.05) is 20.9 Å². The maximum atomic E-state index is 12.0. The third kappa shape index (κ3) is 5.06. The number of esters is 1. The van der Waals surface area contributed by atoms with Crippen molar-refractivity contribution in [2.24, 2.45) is 0 Å². The van der Waals surface area contributed by atoms with Crippen LogP contribution in [0.4, 0.5) is 0 Å². The van der Waals surface area contributed by atoms with Crippen molar-refractivity contribution in [3.8, 4) is 0 Å². The number of nitrogens with one attached hydrogen (secondary N) is 1. The molecule has 1 saturated heterocycles. The minimum Gasteiger partial charge on any atom is -0.465 e. The lowest BCUT2D eigenvalue weighted by atomic mass is 9.95. The quantitative estimate of drug-likeness (QED) is 0.730. The largest absolute Gasteiger partial charge is 0.465 e. The second-order valence-corrected chi connectivity index (χ2v) is 6.14. The Bertz CT molecular complexity index is 296. The summed E-state index contributed by atoms with van der Waals surface area (Å²) in [5.74, 6) is -0.133. The Labute approximate surface area is 124 Å². The van der Waals surface area contributed by atoms with Crippen LogP contribution in [-0.4, -0.2) is 49.2 Å². The summed E-state index contributed by atoms with van der Waals surface area (Å²) in [6, 6.07) is 0.681. The summed E-state index contributed by atoms with van der Waals surface area (Å²) in [7, 11) is 1.84. The molecule has 0 aromatic heterocycles. The van der Waals surface area contributed by atoms with E-state index >= 15 is 0 Å². The molecule has 4 heteroatoms. The van der Waals surface area contributed by atoms with Crippen molar-refractivity contribution in [3.63, 3.8) is 0 Å². The Hall–Kier alpha value is -0.610. The van der Waals surface area contributed by atoms with Crippen molar-refractivity contribution in [1.82, 2.24) is 10.2 Å². The molecule has 0 aromatic rings. The lowest BCUT2D eigenvalue weighted by Gasteiger charge is -2.30. The Morgan fingerprint density at radius 3 is 2.80 bits per heavy atom. The molecule has 0 radical (unpaired) electrons. The highest BCUT2D eigenvalue weighted by Crippen LogP contribution is 2.19. The van der Waals surface area contributed by atoms with E-state index in [1.54, 1.807) is 0 Å². The lowest BCUT2D eigenvalue weighted by molar-refractivity contribution is -0.150. The average Bonchev–Trinajstić information content (AvgIpc) is 2.64. The van der Waals surface area contributed by atoms with Crippen LogP contribution in [0, 0.1) is 0 Å². The van der Waals surface area contributed by atoms with Gasteiger partial charge in [-0.1, -0.05) is 12.8 Å². The second-order valence-electron chi connectivity index (χ2n) is 6.14. The fourth-order valence-electron chi connectivity index (χ4n) is 2.92. The van der Waals surface area contributed by atoms with Gasteiger partial charge in [-0.3, -0.25) is 4.79 Å². The number of ether oxygens (including phenoxy) is 1. The Morgan fingerprint density at radius 2 is 2.15 bits per heavy atom. The van der Waals surface area contributed by atoms with Gasteiger partial charge in [-0.15, -0.1) is 0 Å². The standard InChI is InChI=1S/C16H32N2O2/c1-5-20-15(19)16(3,17-4)11-9-13-18-12-8-6-7-10-14(18)2/h14,17H,5-13H2,1-4H3. The molecule has 0 aliphatic carbocycles. The van der Waals surface area contributed by atoms with E-state index in [4.69, 9.17) is 4.74 Å². The molecule has 0 amide bonds. The van der Waals surface area contributed by atoms with Crippen LogP contribution in [0.2, 0.25) is 0 Å². The second kappa shape index (κ2) is 8.63. The highest BCUT2D eigenvalue weighted by atomic mass is 16.5. The van der Waals surface area contributed by atoms with Crippen molar-refractivity contribution >= 4 is 5.97 Å². The van der Waals surface area contributed by atoms with Gasteiger partial charge >= 0.3 is 5.97 Å². The van der Waals surface area contributed by atoms with Gasteiger partial charge in [0.15, 0.2) is 0 Å². The molecule has 1 fully saturated rings. The third-order valence-corrected chi connectivity index (χ3v) is 4.59. The number of carbonyl (C=O) groups excluding carboxylic acids is 1. The van der Waals surface area contributed by atoms with Gasteiger partial charge < -0.3 is 15.0 Å². The summed E-state index contributed by atoms with van der Waals surface area (Å²) in [6.07, 6.45) is 7.19. The van der Waals surface area contributed by atoms with Crippen molar-refractivity contribution < 1.29 is 9.53 Å². The third-order valence-electron chi connectivity index (χ3n) is 4.59. The van der Waals surface area contributed by atoms with Crippen LogP contribution < -0.4 is 5.32 Å². The molecular weight excluding hydrogens is 252 g/mol. The van der Waals surface area contributed by atoms with Crippen molar-refractivity contribution in [1.29, 1.82) is 0 Å². The maximum absolute atomic E-state index is 12.0. The van der Waals surface area contributed by atoms with Crippen LogP contribution >= 0.6 is 0 Å². The van der Waals surface area contributed by atoms with E-state index in [2.05, 4.69) is 17.1 Å². The number of likely N-dealkylation sites (tertiary alicyclic amines) is 1. The molecule has 0 saturated carbocycles. The van der Waals surface area contributed by atoms with Gasteiger partial charge in [0.05, 0.1) is 6.61 Å². The zero-order valence-corrected chi connectivity index (χ0v) is 13.7. The predicted octanol–water partition coefficient (Wildman–Crippen LogP) is 2.57. The first kappa shape index (κ1) is 17.4. The molecule has 0 aromatic carbocycles.